The highest BCUT2D eigenvalue weighted by Gasteiger charge is 2.31. The van der Waals surface area contributed by atoms with Gasteiger partial charge in [0.15, 0.2) is 0 Å². The predicted octanol–water partition coefficient (Wildman–Crippen LogP) is 1.72. The van der Waals surface area contributed by atoms with E-state index >= 15 is 0 Å². The van der Waals surface area contributed by atoms with Crippen LogP contribution in [0.2, 0.25) is 0 Å². The maximum absolute atomic E-state index is 12.4. The van der Waals surface area contributed by atoms with Crippen molar-refractivity contribution in [3.63, 3.8) is 0 Å². The molecule has 0 aliphatic carbocycles. The second kappa shape index (κ2) is 8.85. The molecular formula is C19H25N3O5. The number of hydrogen-bond donors (Lipinski definition) is 1. The number of piperazine rings is 1. The Morgan fingerprint density at radius 3 is 2.37 bits per heavy atom. The number of ether oxygens (including phenoxy) is 2. The number of anilines is 1. The van der Waals surface area contributed by atoms with Crippen LogP contribution in [0.5, 0.6) is 0 Å². The van der Waals surface area contributed by atoms with E-state index in [0.29, 0.717) is 50.6 Å². The summed E-state index contributed by atoms with van der Waals surface area (Å²) in [7, 11) is 0. The summed E-state index contributed by atoms with van der Waals surface area (Å²) in [4.78, 5) is 39.9. The first kappa shape index (κ1) is 19.2. The van der Waals surface area contributed by atoms with Gasteiger partial charge >= 0.3 is 12.0 Å². The average Bonchev–Trinajstić information content (AvgIpc) is 3.23. The van der Waals surface area contributed by atoms with Crippen molar-refractivity contribution in [2.24, 2.45) is 0 Å². The second-order valence-electron chi connectivity index (χ2n) is 6.54. The van der Waals surface area contributed by atoms with Crippen molar-refractivity contribution < 1.29 is 23.9 Å². The molecule has 2 fully saturated rings. The molecule has 1 N–H and O–H groups in total. The van der Waals surface area contributed by atoms with Crippen LogP contribution in [-0.4, -0.2) is 73.2 Å². The van der Waals surface area contributed by atoms with Gasteiger partial charge in [0.25, 0.3) is 5.91 Å². The number of nitrogens with zero attached hydrogens (tertiary/aromatic N) is 2. The molecule has 1 atom stereocenters. The molecule has 2 aliphatic heterocycles. The molecule has 0 bridgehead atoms. The monoisotopic (exact) mass is 375 g/mol. The van der Waals surface area contributed by atoms with Crippen LogP contribution in [0.3, 0.4) is 0 Å². The Kier molecular flexibility index (Phi) is 6.28. The van der Waals surface area contributed by atoms with Crippen LogP contribution in [0.4, 0.5) is 10.5 Å². The second-order valence-corrected chi connectivity index (χ2v) is 6.54. The molecule has 8 heteroatoms. The van der Waals surface area contributed by atoms with Crippen molar-refractivity contribution in [3.8, 4) is 0 Å². The van der Waals surface area contributed by atoms with Crippen LogP contribution >= 0.6 is 0 Å². The third kappa shape index (κ3) is 4.77. The van der Waals surface area contributed by atoms with E-state index in [9.17, 15) is 14.4 Å². The summed E-state index contributed by atoms with van der Waals surface area (Å²) in [6.07, 6.45) is 1.39. The third-order valence-corrected chi connectivity index (χ3v) is 4.73. The minimum Gasteiger partial charge on any atom is -0.462 e. The molecule has 2 saturated heterocycles. The first-order valence-corrected chi connectivity index (χ1v) is 9.32. The van der Waals surface area contributed by atoms with Crippen LogP contribution in [0, 0.1) is 0 Å². The topological polar surface area (TPSA) is 88.2 Å². The number of urea groups is 1. The molecule has 1 aromatic rings. The number of amides is 3. The standard InChI is InChI=1S/C19H25N3O5/c1-2-26-18(24)14-5-7-15(8-6-14)20-19(25)22-11-9-21(10-12-22)17(23)16-4-3-13-27-16/h5-8,16H,2-4,9-13H2,1H3,(H,20,25)/t16-/m1/s1. The lowest BCUT2D eigenvalue weighted by atomic mass is 10.2. The van der Waals surface area contributed by atoms with Crippen molar-refractivity contribution in [1.82, 2.24) is 9.80 Å². The van der Waals surface area contributed by atoms with Gasteiger partial charge < -0.3 is 24.6 Å². The number of benzene rings is 1. The SMILES string of the molecule is CCOC(=O)c1ccc(NC(=O)N2CCN(C(=O)[C@H]3CCCO3)CC2)cc1. The first-order chi connectivity index (χ1) is 13.1. The van der Waals surface area contributed by atoms with Crippen molar-refractivity contribution in [2.45, 2.75) is 25.9 Å². The van der Waals surface area contributed by atoms with Gasteiger partial charge in [-0.15, -0.1) is 0 Å². The number of nitrogens with one attached hydrogen (secondary N) is 1. The third-order valence-electron chi connectivity index (χ3n) is 4.73. The van der Waals surface area contributed by atoms with Crippen molar-refractivity contribution >= 4 is 23.6 Å². The van der Waals surface area contributed by atoms with E-state index in [-0.39, 0.29) is 24.0 Å². The van der Waals surface area contributed by atoms with Crippen LogP contribution in [0.1, 0.15) is 30.1 Å². The van der Waals surface area contributed by atoms with Crippen LogP contribution in [-0.2, 0) is 14.3 Å². The van der Waals surface area contributed by atoms with E-state index < -0.39 is 0 Å². The summed E-state index contributed by atoms with van der Waals surface area (Å²) in [5.74, 6) is -0.357. The predicted molar refractivity (Wildman–Crippen MR) is 98.5 cm³/mol. The molecule has 0 aromatic heterocycles. The maximum atomic E-state index is 12.4. The van der Waals surface area contributed by atoms with E-state index in [1.807, 2.05) is 0 Å². The van der Waals surface area contributed by atoms with Crippen molar-refractivity contribution in [2.75, 3.05) is 44.7 Å². The highest BCUT2D eigenvalue weighted by atomic mass is 16.5. The number of carbonyl (C=O) groups is 3. The fraction of sp³-hybridized carbons (Fsp3) is 0.526. The smallest absolute Gasteiger partial charge is 0.338 e. The molecule has 3 amide bonds. The molecule has 8 nitrogen and oxygen atoms in total. The number of hydrogen-bond acceptors (Lipinski definition) is 5. The summed E-state index contributed by atoms with van der Waals surface area (Å²) in [6.45, 7) is 4.69. The molecule has 3 rings (SSSR count). The molecule has 1 aromatic carbocycles. The van der Waals surface area contributed by atoms with Gasteiger partial charge in [-0.2, -0.15) is 0 Å². The van der Waals surface area contributed by atoms with Crippen LogP contribution in [0.25, 0.3) is 0 Å². The maximum Gasteiger partial charge on any atom is 0.338 e. The highest BCUT2D eigenvalue weighted by molar-refractivity contribution is 5.92. The van der Waals surface area contributed by atoms with E-state index in [4.69, 9.17) is 9.47 Å². The van der Waals surface area contributed by atoms with Gasteiger partial charge in [-0.25, -0.2) is 9.59 Å². The quantitative estimate of drug-likeness (QED) is 0.810. The number of esters is 1. The summed E-state index contributed by atoms with van der Waals surface area (Å²) in [5.41, 5.74) is 1.04. The van der Waals surface area contributed by atoms with Crippen LogP contribution in [0.15, 0.2) is 24.3 Å². The van der Waals surface area contributed by atoms with E-state index in [1.165, 1.54) is 0 Å². The highest BCUT2D eigenvalue weighted by Crippen LogP contribution is 2.17. The molecule has 2 aliphatic rings. The molecule has 146 valence electrons. The summed E-state index contributed by atoms with van der Waals surface area (Å²) in [5, 5.41) is 2.82. The van der Waals surface area contributed by atoms with Crippen molar-refractivity contribution in [1.29, 1.82) is 0 Å². The van der Waals surface area contributed by atoms with E-state index in [2.05, 4.69) is 5.32 Å². The van der Waals surface area contributed by atoms with Gasteiger partial charge in [0.05, 0.1) is 12.2 Å². The van der Waals surface area contributed by atoms with Gasteiger partial charge in [-0.3, -0.25) is 4.79 Å². The van der Waals surface area contributed by atoms with Gasteiger partial charge in [0, 0.05) is 38.5 Å². The Balaban J connectivity index is 1.48. The Bertz CT molecular complexity index is 677. The zero-order valence-electron chi connectivity index (χ0n) is 15.5. The van der Waals surface area contributed by atoms with Gasteiger partial charge in [-0.05, 0) is 44.0 Å². The fourth-order valence-electron chi connectivity index (χ4n) is 3.21. The zero-order valence-corrected chi connectivity index (χ0v) is 15.5. The van der Waals surface area contributed by atoms with Gasteiger partial charge in [0.2, 0.25) is 0 Å². The molecule has 2 heterocycles. The van der Waals surface area contributed by atoms with Gasteiger partial charge in [0.1, 0.15) is 6.10 Å². The molecular weight excluding hydrogens is 350 g/mol. The largest absolute Gasteiger partial charge is 0.462 e. The average molecular weight is 375 g/mol. The molecule has 0 unspecified atom stereocenters. The van der Waals surface area contributed by atoms with Gasteiger partial charge in [-0.1, -0.05) is 0 Å². The molecule has 27 heavy (non-hydrogen) atoms. The molecule has 0 radical (unpaired) electrons. The zero-order chi connectivity index (χ0) is 19.2. The fourth-order valence-corrected chi connectivity index (χ4v) is 3.21. The Labute approximate surface area is 158 Å². The first-order valence-electron chi connectivity index (χ1n) is 9.32. The van der Waals surface area contributed by atoms with E-state index in [1.54, 1.807) is 41.0 Å². The summed E-state index contributed by atoms with van der Waals surface area (Å²) >= 11 is 0. The normalized spacial score (nSPS) is 19.7. The lowest BCUT2D eigenvalue weighted by molar-refractivity contribution is -0.142. The molecule has 0 spiro atoms. The molecule has 0 saturated carbocycles. The lowest BCUT2D eigenvalue weighted by Crippen LogP contribution is -2.53. The Hall–Kier alpha value is -2.61. The van der Waals surface area contributed by atoms with E-state index in [0.717, 1.165) is 12.8 Å². The van der Waals surface area contributed by atoms with Crippen LogP contribution < -0.4 is 5.32 Å². The summed E-state index contributed by atoms with van der Waals surface area (Å²) < 4.78 is 10.4. The minimum atomic E-state index is -0.387. The summed E-state index contributed by atoms with van der Waals surface area (Å²) in [6, 6.07) is 6.35. The Morgan fingerprint density at radius 1 is 1.11 bits per heavy atom. The lowest BCUT2D eigenvalue weighted by Gasteiger charge is -2.35. The number of carbonyl (C=O) groups excluding carboxylic acids is 3. The number of rotatable bonds is 4. The Morgan fingerprint density at radius 2 is 1.78 bits per heavy atom. The minimum absolute atomic E-state index is 0.0297. The van der Waals surface area contributed by atoms with Crippen molar-refractivity contribution in [3.05, 3.63) is 29.8 Å².